The Hall–Kier alpha value is -2.32. The van der Waals surface area contributed by atoms with Crippen molar-refractivity contribution in [2.24, 2.45) is 5.92 Å². The fourth-order valence-corrected chi connectivity index (χ4v) is 4.46. The summed E-state index contributed by atoms with van der Waals surface area (Å²) < 4.78 is 58.2. The Morgan fingerprint density at radius 1 is 1.07 bits per heavy atom. The van der Waals surface area contributed by atoms with Crippen molar-refractivity contribution in [2.45, 2.75) is 24.7 Å². The Morgan fingerprint density at radius 2 is 1.74 bits per heavy atom. The predicted molar refractivity (Wildman–Crippen MR) is 94.7 cm³/mol. The Kier molecular flexibility index (Phi) is 5.57. The second-order valence-electron chi connectivity index (χ2n) is 6.44. The summed E-state index contributed by atoms with van der Waals surface area (Å²) in [6, 6.07) is 9.64. The van der Waals surface area contributed by atoms with Crippen LogP contribution in [0.2, 0.25) is 0 Å². The summed E-state index contributed by atoms with van der Waals surface area (Å²) in [5.41, 5.74) is 0.837. The van der Waals surface area contributed by atoms with E-state index in [9.17, 15) is 22.0 Å². The van der Waals surface area contributed by atoms with Gasteiger partial charge in [0.05, 0.1) is 10.8 Å². The molecule has 0 radical (unpaired) electrons. The van der Waals surface area contributed by atoms with Gasteiger partial charge in [-0.1, -0.05) is 18.2 Å². The second-order valence-corrected chi connectivity index (χ2v) is 8.38. The number of benzene rings is 2. The van der Waals surface area contributed by atoms with E-state index in [2.05, 4.69) is 0 Å². The zero-order valence-corrected chi connectivity index (χ0v) is 15.5. The molecule has 2 aromatic carbocycles. The molecule has 0 spiro atoms. The molecule has 1 saturated heterocycles. The molecule has 0 saturated carbocycles. The van der Waals surface area contributed by atoms with Crippen molar-refractivity contribution in [2.75, 3.05) is 13.1 Å². The van der Waals surface area contributed by atoms with Crippen molar-refractivity contribution in [3.8, 4) is 5.75 Å². The lowest BCUT2D eigenvalue weighted by molar-refractivity contribution is -0.140. The number of piperidine rings is 1. The number of carbonyl (C=O) groups is 1. The van der Waals surface area contributed by atoms with Crippen molar-refractivity contribution in [1.82, 2.24) is 4.31 Å². The minimum absolute atomic E-state index is 0.106. The molecule has 0 atom stereocenters. The van der Waals surface area contributed by atoms with Gasteiger partial charge in [-0.15, -0.1) is 0 Å². The van der Waals surface area contributed by atoms with E-state index in [1.54, 1.807) is 12.1 Å². The van der Waals surface area contributed by atoms with E-state index < -0.39 is 33.5 Å². The zero-order chi connectivity index (χ0) is 19.6. The molecule has 1 fully saturated rings. The monoisotopic (exact) mass is 395 g/mol. The van der Waals surface area contributed by atoms with Gasteiger partial charge >= 0.3 is 5.97 Å². The van der Waals surface area contributed by atoms with E-state index in [-0.39, 0.29) is 18.0 Å². The molecule has 27 heavy (non-hydrogen) atoms. The number of nitrogens with zero attached hydrogens (tertiary/aromatic N) is 1. The summed E-state index contributed by atoms with van der Waals surface area (Å²) in [7, 11) is -3.94. The molecule has 144 valence electrons. The number of hydrogen-bond donors (Lipinski definition) is 0. The first-order valence-electron chi connectivity index (χ1n) is 8.51. The number of halogens is 2. The number of para-hydroxylation sites is 1. The van der Waals surface area contributed by atoms with Gasteiger partial charge in [-0.2, -0.15) is 4.31 Å². The highest BCUT2D eigenvalue weighted by atomic mass is 32.2. The van der Waals surface area contributed by atoms with Crippen molar-refractivity contribution in [3.63, 3.8) is 0 Å². The third-order valence-electron chi connectivity index (χ3n) is 4.62. The average molecular weight is 395 g/mol. The number of aryl methyl sites for hydroxylation is 1. The van der Waals surface area contributed by atoms with Crippen LogP contribution in [0.3, 0.4) is 0 Å². The van der Waals surface area contributed by atoms with E-state index >= 15 is 0 Å². The molecule has 1 aliphatic heterocycles. The van der Waals surface area contributed by atoms with Gasteiger partial charge in [-0.25, -0.2) is 17.2 Å². The first kappa shape index (κ1) is 19.4. The van der Waals surface area contributed by atoms with Crippen LogP contribution in [0.25, 0.3) is 0 Å². The maximum absolute atomic E-state index is 13.4. The van der Waals surface area contributed by atoms with Crippen molar-refractivity contribution in [3.05, 3.63) is 59.7 Å². The molecule has 0 bridgehead atoms. The maximum Gasteiger partial charge on any atom is 0.314 e. The van der Waals surface area contributed by atoms with Crippen LogP contribution in [-0.2, 0) is 14.8 Å². The third kappa shape index (κ3) is 4.17. The van der Waals surface area contributed by atoms with Gasteiger partial charge in [0.15, 0.2) is 11.6 Å². The molecule has 0 unspecified atom stereocenters. The van der Waals surface area contributed by atoms with Crippen LogP contribution >= 0.6 is 0 Å². The largest absolute Gasteiger partial charge is 0.426 e. The van der Waals surface area contributed by atoms with Gasteiger partial charge < -0.3 is 4.74 Å². The van der Waals surface area contributed by atoms with Crippen LogP contribution < -0.4 is 4.74 Å². The molecule has 0 aromatic heterocycles. The minimum atomic E-state index is -3.94. The summed E-state index contributed by atoms with van der Waals surface area (Å²) in [4.78, 5) is 12.0. The number of rotatable bonds is 4. The van der Waals surface area contributed by atoms with E-state index in [0.717, 1.165) is 17.7 Å². The number of carbonyl (C=O) groups excluding carboxylic acids is 1. The third-order valence-corrected chi connectivity index (χ3v) is 6.51. The Morgan fingerprint density at radius 3 is 2.37 bits per heavy atom. The van der Waals surface area contributed by atoms with Crippen molar-refractivity contribution in [1.29, 1.82) is 0 Å². The highest BCUT2D eigenvalue weighted by Gasteiger charge is 2.33. The SMILES string of the molecule is Cc1ccccc1OC(=O)C1CCN(S(=O)(=O)c2ccc(F)c(F)c2)CC1. The van der Waals surface area contributed by atoms with Crippen LogP contribution in [0.4, 0.5) is 8.78 Å². The summed E-state index contributed by atoms with van der Waals surface area (Å²) in [6.45, 7) is 2.04. The molecule has 5 nitrogen and oxygen atoms in total. The molecular formula is C19H19F2NO4S. The first-order valence-corrected chi connectivity index (χ1v) is 9.95. The molecular weight excluding hydrogens is 376 g/mol. The van der Waals surface area contributed by atoms with Gasteiger partial charge in [0.25, 0.3) is 0 Å². The van der Waals surface area contributed by atoms with Gasteiger partial charge in [0, 0.05) is 13.1 Å². The molecule has 3 rings (SSSR count). The average Bonchev–Trinajstić information content (AvgIpc) is 2.65. The molecule has 0 N–H and O–H groups in total. The number of ether oxygens (including phenoxy) is 1. The Labute approximate surface area is 156 Å². The normalized spacial score (nSPS) is 16.3. The van der Waals surface area contributed by atoms with Crippen LogP contribution in [0, 0.1) is 24.5 Å². The standard InChI is InChI=1S/C19H19F2NO4S/c1-13-4-2-3-5-18(13)26-19(23)14-8-10-22(11-9-14)27(24,25)15-6-7-16(20)17(21)12-15/h2-7,12,14H,8-11H2,1H3. The van der Waals surface area contributed by atoms with Crippen LogP contribution in [-0.4, -0.2) is 31.8 Å². The molecule has 0 amide bonds. The zero-order valence-electron chi connectivity index (χ0n) is 14.7. The summed E-state index contributed by atoms with van der Waals surface area (Å²) >= 11 is 0. The van der Waals surface area contributed by atoms with Crippen molar-refractivity contribution >= 4 is 16.0 Å². The quantitative estimate of drug-likeness (QED) is 0.589. The first-order chi connectivity index (χ1) is 12.8. The minimum Gasteiger partial charge on any atom is -0.426 e. The molecule has 2 aromatic rings. The van der Waals surface area contributed by atoms with Gasteiger partial charge in [0.2, 0.25) is 10.0 Å². The highest BCUT2D eigenvalue weighted by molar-refractivity contribution is 7.89. The van der Waals surface area contributed by atoms with E-state index in [1.165, 1.54) is 4.31 Å². The van der Waals surface area contributed by atoms with E-state index in [0.29, 0.717) is 24.7 Å². The van der Waals surface area contributed by atoms with Crippen molar-refractivity contribution < 1.29 is 26.7 Å². The number of sulfonamides is 1. The van der Waals surface area contributed by atoms with Gasteiger partial charge in [-0.3, -0.25) is 4.79 Å². The fourth-order valence-electron chi connectivity index (χ4n) is 2.98. The Balaban J connectivity index is 1.65. The van der Waals surface area contributed by atoms with E-state index in [4.69, 9.17) is 4.74 Å². The van der Waals surface area contributed by atoms with Crippen LogP contribution in [0.5, 0.6) is 5.75 Å². The Bertz CT molecular complexity index is 954. The fraction of sp³-hybridized carbons (Fsp3) is 0.316. The maximum atomic E-state index is 13.4. The molecule has 8 heteroatoms. The number of hydrogen-bond acceptors (Lipinski definition) is 4. The smallest absolute Gasteiger partial charge is 0.314 e. The summed E-state index contributed by atoms with van der Waals surface area (Å²) in [5, 5.41) is 0. The summed E-state index contributed by atoms with van der Waals surface area (Å²) in [5.74, 6) is -2.64. The van der Waals surface area contributed by atoms with Crippen LogP contribution in [0.15, 0.2) is 47.4 Å². The van der Waals surface area contributed by atoms with E-state index in [1.807, 2.05) is 19.1 Å². The highest BCUT2D eigenvalue weighted by Crippen LogP contribution is 2.26. The molecule has 1 heterocycles. The lowest BCUT2D eigenvalue weighted by Crippen LogP contribution is -2.41. The lowest BCUT2D eigenvalue weighted by Gasteiger charge is -2.30. The second kappa shape index (κ2) is 7.74. The predicted octanol–water partition coefficient (Wildman–Crippen LogP) is 3.28. The van der Waals surface area contributed by atoms with Gasteiger partial charge in [-0.05, 0) is 49.6 Å². The lowest BCUT2D eigenvalue weighted by atomic mass is 9.98. The summed E-state index contributed by atoms with van der Waals surface area (Å²) in [6.07, 6.45) is 0.598. The molecule has 1 aliphatic rings. The molecule has 0 aliphatic carbocycles. The van der Waals surface area contributed by atoms with Crippen LogP contribution in [0.1, 0.15) is 18.4 Å². The number of esters is 1. The van der Waals surface area contributed by atoms with Gasteiger partial charge in [0.1, 0.15) is 5.75 Å². The topological polar surface area (TPSA) is 63.7 Å².